The fraction of sp³-hybridized carbons (Fsp3) is 0.154. The number of aromatic nitrogens is 2. The SMILES string of the molecule is NCCc1ncc2scc(-c3ccc(Cl)cc3)n12. The highest BCUT2D eigenvalue weighted by atomic mass is 35.5. The summed E-state index contributed by atoms with van der Waals surface area (Å²) in [6.45, 7) is 0.606. The smallest absolute Gasteiger partial charge is 0.120 e. The zero-order chi connectivity index (χ0) is 12.5. The maximum atomic E-state index is 5.92. The van der Waals surface area contributed by atoms with E-state index in [1.807, 2.05) is 30.5 Å². The quantitative estimate of drug-likeness (QED) is 0.799. The third-order valence-corrected chi connectivity index (χ3v) is 3.97. The zero-order valence-electron chi connectivity index (χ0n) is 9.64. The van der Waals surface area contributed by atoms with Gasteiger partial charge in [-0.15, -0.1) is 11.3 Å². The van der Waals surface area contributed by atoms with Crippen LogP contribution in [0.5, 0.6) is 0 Å². The van der Waals surface area contributed by atoms with Gasteiger partial charge in [-0.25, -0.2) is 4.98 Å². The van der Waals surface area contributed by atoms with Crippen LogP contribution in [0, 0.1) is 0 Å². The lowest BCUT2D eigenvalue weighted by atomic mass is 10.2. The van der Waals surface area contributed by atoms with Gasteiger partial charge in [-0.2, -0.15) is 0 Å². The van der Waals surface area contributed by atoms with Crippen molar-refractivity contribution in [2.24, 2.45) is 5.73 Å². The minimum atomic E-state index is 0.606. The van der Waals surface area contributed by atoms with Crippen molar-refractivity contribution in [3.8, 4) is 11.3 Å². The second kappa shape index (κ2) is 4.72. The van der Waals surface area contributed by atoms with Crippen molar-refractivity contribution >= 4 is 27.8 Å². The Bertz CT molecular complexity index is 669. The largest absolute Gasteiger partial charge is 0.330 e. The van der Waals surface area contributed by atoms with Crippen LogP contribution >= 0.6 is 22.9 Å². The summed E-state index contributed by atoms with van der Waals surface area (Å²) in [7, 11) is 0. The number of nitrogens with two attached hydrogens (primary N) is 1. The predicted octanol–water partition coefficient (Wildman–Crippen LogP) is 3.22. The number of rotatable bonds is 3. The Morgan fingerprint density at radius 2 is 2.06 bits per heavy atom. The summed E-state index contributed by atoms with van der Waals surface area (Å²) in [6, 6.07) is 7.85. The lowest BCUT2D eigenvalue weighted by Gasteiger charge is -2.03. The van der Waals surface area contributed by atoms with Gasteiger partial charge in [-0.1, -0.05) is 23.7 Å². The molecule has 0 unspecified atom stereocenters. The van der Waals surface area contributed by atoms with Crippen LogP contribution in [-0.4, -0.2) is 15.9 Å². The Kier molecular flexibility index (Phi) is 3.07. The fourth-order valence-electron chi connectivity index (χ4n) is 2.01. The van der Waals surface area contributed by atoms with Crippen molar-refractivity contribution in [1.82, 2.24) is 9.38 Å². The summed E-state index contributed by atoms with van der Waals surface area (Å²) < 4.78 is 2.17. The Morgan fingerprint density at radius 3 is 2.78 bits per heavy atom. The van der Waals surface area contributed by atoms with Crippen LogP contribution in [0.2, 0.25) is 5.02 Å². The van der Waals surface area contributed by atoms with E-state index in [9.17, 15) is 0 Å². The van der Waals surface area contributed by atoms with E-state index in [0.29, 0.717) is 6.54 Å². The highest BCUT2D eigenvalue weighted by molar-refractivity contribution is 7.15. The molecule has 0 aliphatic carbocycles. The first kappa shape index (κ1) is 11.7. The van der Waals surface area contributed by atoms with Crippen molar-refractivity contribution in [2.45, 2.75) is 6.42 Å². The van der Waals surface area contributed by atoms with Gasteiger partial charge in [0.25, 0.3) is 0 Å². The van der Waals surface area contributed by atoms with Crippen molar-refractivity contribution in [3.05, 3.63) is 46.7 Å². The van der Waals surface area contributed by atoms with E-state index >= 15 is 0 Å². The maximum absolute atomic E-state index is 5.92. The molecule has 2 aromatic heterocycles. The lowest BCUT2D eigenvalue weighted by molar-refractivity contribution is 0.869. The van der Waals surface area contributed by atoms with Crippen LogP contribution in [0.1, 0.15) is 5.82 Å². The molecule has 0 atom stereocenters. The van der Waals surface area contributed by atoms with Gasteiger partial charge in [0.1, 0.15) is 10.7 Å². The molecule has 3 nitrogen and oxygen atoms in total. The third kappa shape index (κ3) is 1.92. The van der Waals surface area contributed by atoms with Crippen LogP contribution in [0.4, 0.5) is 0 Å². The Morgan fingerprint density at radius 1 is 1.28 bits per heavy atom. The van der Waals surface area contributed by atoms with Gasteiger partial charge < -0.3 is 5.73 Å². The third-order valence-electron chi connectivity index (χ3n) is 2.84. The number of halogens is 1. The summed E-state index contributed by atoms with van der Waals surface area (Å²) in [6.07, 6.45) is 2.68. The molecule has 0 radical (unpaired) electrons. The minimum absolute atomic E-state index is 0.606. The van der Waals surface area contributed by atoms with Crippen LogP contribution < -0.4 is 5.73 Å². The molecule has 5 heteroatoms. The van der Waals surface area contributed by atoms with Crippen LogP contribution in [0.3, 0.4) is 0 Å². The van der Waals surface area contributed by atoms with Gasteiger partial charge in [0.2, 0.25) is 0 Å². The topological polar surface area (TPSA) is 43.3 Å². The highest BCUT2D eigenvalue weighted by Crippen LogP contribution is 2.28. The molecule has 2 N–H and O–H groups in total. The number of imidazole rings is 1. The van der Waals surface area contributed by atoms with Crippen molar-refractivity contribution < 1.29 is 0 Å². The predicted molar refractivity (Wildman–Crippen MR) is 76.3 cm³/mol. The summed E-state index contributed by atoms with van der Waals surface area (Å²) in [5, 5.41) is 2.89. The molecule has 0 aliphatic heterocycles. The lowest BCUT2D eigenvalue weighted by Crippen LogP contribution is -2.06. The molecule has 3 rings (SSSR count). The van der Waals surface area contributed by atoms with Gasteiger partial charge in [0.15, 0.2) is 0 Å². The number of fused-ring (bicyclic) bond motifs is 1. The molecule has 0 aliphatic rings. The van der Waals surface area contributed by atoms with Crippen LogP contribution in [0.25, 0.3) is 16.1 Å². The van der Waals surface area contributed by atoms with Gasteiger partial charge in [-0.05, 0) is 24.2 Å². The summed E-state index contributed by atoms with van der Waals surface area (Å²) in [5.74, 6) is 1.01. The molecule has 0 saturated carbocycles. The van der Waals surface area contributed by atoms with E-state index in [1.54, 1.807) is 11.3 Å². The second-order valence-corrected chi connectivity index (χ2v) is 5.34. The molecule has 0 spiro atoms. The molecule has 92 valence electrons. The van der Waals surface area contributed by atoms with Crippen LogP contribution in [-0.2, 0) is 6.42 Å². The van der Waals surface area contributed by atoms with Crippen molar-refractivity contribution in [3.63, 3.8) is 0 Å². The molecule has 0 saturated heterocycles. The molecule has 0 fully saturated rings. The standard InChI is InChI=1S/C13H12ClN3S/c14-10-3-1-9(2-4-10)11-8-18-13-7-16-12(5-6-15)17(11)13/h1-4,7-8H,5-6,15H2. The van der Waals surface area contributed by atoms with Gasteiger partial charge in [0, 0.05) is 16.8 Å². The van der Waals surface area contributed by atoms with E-state index in [2.05, 4.69) is 14.8 Å². The van der Waals surface area contributed by atoms with E-state index in [0.717, 1.165) is 33.4 Å². The molecule has 1 aromatic carbocycles. The average Bonchev–Trinajstić information content (AvgIpc) is 2.94. The number of hydrogen-bond acceptors (Lipinski definition) is 3. The maximum Gasteiger partial charge on any atom is 0.120 e. The fourth-order valence-corrected chi connectivity index (χ4v) is 3.03. The summed E-state index contributed by atoms with van der Waals surface area (Å²) >= 11 is 7.60. The number of nitrogens with zero attached hydrogens (tertiary/aromatic N) is 2. The summed E-state index contributed by atoms with van der Waals surface area (Å²) in [5.41, 5.74) is 7.91. The average molecular weight is 278 g/mol. The Hall–Kier alpha value is -1.36. The molecule has 0 amide bonds. The van der Waals surface area contributed by atoms with Crippen molar-refractivity contribution in [1.29, 1.82) is 0 Å². The number of benzene rings is 1. The van der Waals surface area contributed by atoms with Gasteiger partial charge in [0.05, 0.1) is 11.9 Å². The molecule has 0 bridgehead atoms. The molecule has 2 heterocycles. The van der Waals surface area contributed by atoms with Gasteiger partial charge >= 0.3 is 0 Å². The van der Waals surface area contributed by atoms with E-state index in [-0.39, 0.29) is 0 Å². The van der Waals surface area contributed by atoms with E-state index in [4.69, 9.17) is 17.3 Å². The van der Waals surface area contributed by atoms with Gasteiger partial charge in [-0.3, -0.25) is 4.40 Å². The van der Waals surface area contributed by atoms with Crippen LogP contribution in [0.15, 0.2) is 35.8 Å². The normalized spacial score (nSPS) is 11.2. The van der Waals surface area contributed by atoms with Crippen molar-refractivity contribution in [2.75, 3.05) is 6.54 Å². The number of thiazole rings is 1. The monoisotopic (exact) mass is 277 g/mol. The zero-order valence-corrected chi connectivity index (χ0v) is 11.2. The minimum Gasteiger partial charge on any atom is -0.330 e. The van der Waals surface area contributed by atoms with E-state index < -0.39 is 0 Å². The first-order valence-electron chi connectivity index (χ1n) is 5.69. The highest BCUT2D eigenvalue weighted by Gasteiger charge is 2.11. The van der Waals surface area contributed by atoms with E-state index in [1.165, 1.54) is 0 Å². The molecule has 3 aromatic rings. The molecule has 18 heavy (non-hydrogen) atoms. The second-order valence-electron chi connectivity index (χ2n) is 4.01. The molecular formula is C13H12ClN3S. The Balaban J connectivity index is 2.16. The summed E-state index contributed by atoms with van der Waals surface area (Å²) in [4.78, 5) is 5.56. The Labute approximate surface area is 114 Å². The molecular weight excluding hydrogens is 266 g/mol. The first-order chi connectivity index (χ1) is 8.79. The number of hydrogen-bond donors (Lipinski definition) is 1. The first-order valence-corrected chi connectivity index (χ1v) is 6.95.